The molecule has 0 radical (unpaired) electrons. The standard InChI is InChI=1S/C5H10O2.2C2H6/c1-4-3-6-5(2)7-4;2*1-2/h4-5H,3H2,1-2H3;2*1-2H3. The van der Waals surface area contributed by atoms with Crippen molar-refractivity contribution in [2.45, 2.75) is 53.9 Å². The lowest BCUT2D eigenvalue weighted by atomic mass is 10.5. The summed E-state index contributed by atoms with van der Waals surface area (Å²) >= 11 is 0. The van der Waals surface area contributed by atoms with E-state index in [1.807, 2.05) is 41.5 Å². The molecule has 2 heteroatoms. The second-order valence-electron chi connectivity index (χ2n) is 1.85. The molecule has 1 rings (SSSR count). The first-order valence-corrected chi connectivity index (χ1v) is 4.56. The zero-order valence-corrected chi connectivity index (χ0v) is 8.68. The normalized spacial score (nSPS) is 27.8. The molecule has 0 aromatic rings. The summed E-state index contributed by atoms with van der Waals surface area (Å²) in [4.78, 5) is 0. The van der Waals surface area contributed by atoms with E-state index < -0.39 is 0 Å². The SMILES string of the molecule is CC.CC.CC1COC(C)O1. The van der Waals surface area contributed by atoms with Gasteiger partial charge in [0.15, 0.2) is 6.29 Å². The van der Waals surface area contributed by atoms with Gasteiger partial charge in [-0.15, -0.1) is 0 Å². The molecule has 1 aliphatic heterocycles. The van der Waals surface area contributed by atoms with Crippen LogP contribution in [-0.2, 0) is 9.47 Å². The van der Waals surface area contributed by atoms with Crippen LogP contribution in [0.4, 0.5) is 0 Å². The lowest BCUT2D eigenvalue weighted by Gasteiger charge is -1.98. The first-order valence-electron chi connectivity index (χ1n) is 4.56. The Hall–Kier alpha value is -0.0800. The molecule has 0 amide bonds. The van der Waals surface area contributed by atoms with Crippen molar-refractivity contribution < 1.29 is 9.47 Å². The lowest BCUT2D eigenvalue weighted by molar-refractivity contribution is -0.0389. The maximum atomic E-state index is 5.14. The molecular formula is C9H22O2. The van der Waals surface area contributed by atoms with Crippen LogP contribution in [-0.4, -0.2) is 19.0 Å². The Balaban J connectivity index is 0. The van der Waals surface area contributed by atoms with Crippen LogP contribution >= 0.6 is 0 Å². The van der Waals surface area contributed by atoms with Crippen molar-refractivity contribution in [1.82, 2.24) is 0 Å². The Kier molecular flexibility index (Phi) is 12.2. The Morgan fingerprint density at radius 1 is 1.00 bits per heavy atom. The fourth-order valence-corrected chi connectivity index (χ4v) is 0.677. The van der Waals surface area contributed by atoms with Crippen molar-refractivity contribution in [3.8, 4) is 0 Å². The van der Waals surface area contributed by atoms with E-state index in [4.69, 9.17) is 9.47 Å². The van der Waals surface area contributed by atoms with Gasteiger partial charge in [-0.05, 0) is 13.8 Å². The number of rotatable bonds is 0. The van der Waals surface area contributed by atoms with Gasteiger partial charge < -0.3 is 9.47 Å². The highest BCUT2D eigenvalue weighted by atomic mass is 16.7. The third-order valence-corrected chi connectivity index (χ3v) is 0.990. The molecule has 11 heavy (non-hydrogen) atoms. The molecule has 2 unspecified atom stereocenters. The molecule has 1 saturated heterocycles. The molecule has 70 valence electrons. The van der Waals surface area contributed by atoms with E-state index in [1.54, 1.807) is 0 Å². The highest BCUT2D eigenvalue weighted by Gasteiger charge is 2.16. The molecule has 2 nitrogen and oxygen atoms in total. The van der Waals surface area contributed by atoms with Crippen LogP contribution in [0, 0.1) is 0 Å². The zero-order valence-electron chi connectivity index (χ0n) is 8.68. The molecule has 0 spiro atoms. The average Bonchev–Trinajstić information content (AvgIpc) is 2.43. The lowest BCUT2D eigenvalue weighted by Crippen LogP contribution is -2.03. The predicted molar refractivity (Wildman–Crippen MR) is 48.7 cm³/mol. The van der Waals surface area contributed by atoms with Gasteiger partial charge in [0.1, 0.15) is 0 Å². The third kappa shape index (κ3) is 7.82. The molecule has 0 aliphatic carbocycles. The van der Waals surface area contributed by atoms with Crippen molar-refractivity contribution in [2.75, 3.05) is 6.61 Å². The summed E-state index contributed by atoms with van der Waals surface area (Å²) in [6.45, 7) is 12.7. The van der Waals surface area contributed by atoms with Crippen molar-refractivity contribution >= 4 is 0 Å². The molecule has 0 aromatic carbocycles. The van der Waals surface area contributed by atoms with Crippen LogP contribution < -0.4 is 0 Å². The van der Waals surface area contributed by atoms with Crippen LogP contribution in [0.1, 0.15) is 41.5 Å². The smallest absolute Gasteiger partial charge is 0.155 e. The van der Waals surface area contributed by atoms with Gasteiger partial charge in [0.05, 0.1) is 12.7 Å². The Bertz CT molecular complexity index is 56.6. The number of ether oxygens (including phenoxy) is 2. The summed E-state index contributed by atoms with van der Waals surface area (Å²) in [6, 6.07) is 0. The van der Waals surface area contributed by atoms with Gasteiger partial charge in [-0.25, -0.2) is 0 Å². The zero-order chi connectivity index (χ0) is 9.28. The maximum Gasteiger partial charge on any atom is 0.155 e. The van der Waals surface area contributed by atoms with Crippen molar-refractivity contribution in [2.24, 2.45) is 0 Å². The Morgan fingerprint density at radius 3 is 1.55 bits per heavy atom. The number of hydrogen-bond acceptors (Lipinski definition) is 2. The summed E-state index contributed by atoms with van der Waals surface area (Å²) in [5, 5.41) is 0. The molecular weight excluding hydrogens is 140 g/mol. The fraction of sp³-hybridized carbons (Fsp3) is 1.00. The minimum absolute atomic E-state index is 0.0231. The molecule has 0 saturated carbocycles. The first-order chi connectivity index (χ1) is 5.29. The van der Waals surface area contributed by atoms with E-state index in [1.165, 1.54) is 0 Å². The van der Waals surface area contributed by atoms with Crippen LogP contribution in [0.5, 0.6) is 0 Å². The largest absolute Gasteiger partial charge is 0.350 e. The molecule has 1 aliphatic rings. The monoisotopic (exact) mass is 162 g/mol. The highest BCUT2D eigenvalue weighted by molar-refractivity contribution is 4.54. The molecule has 0 aromatic heterocycles. The average molecular weight is 162 g/mol. The summed E-state index contributed by atoms with van der Waals surface area (Å²) in [7, 11) is 0. The van der Waals surface area contributed by atoms with Crippen LogP contribution in [0.3, 0.4) is 0 Å². The number of hydrogen-bond donors (Lipinski definition) is 0. The highest BCUT2D eigenvalue weighted by Crippen LogP contribution is 2.08. The van der Waals surface area contributed by atoms with E-state index >= 15 is 0 Å². The summed E-state index contributed by atoms with van der Waals surface area (Å²) < 4.78 is 10.2. The van der Waals surface area contributed by atoms with Crippen LogP contribution in [0.25, 0.3) is 0 Å². The minimum atomic E-state index is 0.0231. The summed E-state index contributed by atoms with van der Waals surface area (Å²) in [5.74, 6) is 0. The van der Waals surface area contributed by atoms with E-state index in [0.717, 1.165) is 6.61 Å². The molecule has 0 bridgehead atoms. The summed E-state index contributed by atoms with van der Waals surface area (Å²) in [5.41, 5.74) is 0. The van der Waals surface area contributed by atoms with Crippen molar-refractivity contribution in [1.29, 1.82) is 0 Å². The van der Waals surface area contributed by atoms with Crippen molar-refractivity contribution in [3.05, 3.63) is 0 Å². The van der Waals surface area contributed by atoms with Gasteiger partial charge in [0.2, 0.25) is 0 Å². The second kappa shape index (κ2) is 9.92. The Morgan fingerprint density at radius 2 is 1.45 bits per heavy atom. The quantitative estimate of drug-likeness (QED) is 0.545. The molecule has 1 heterocycles. The van der Waals surface area contributed by atoms with E-state index in [9.17, 15) is 0 Å². The van der Waals surface area contributed by atoms with Gasteiger partial charge in [-0.2, -0.15) is 0 Å². The fourth-order valence-electron chi connectivity index (χ4n) is 0.677. The second-order valence-corrected chi connectivity index (χ2v) is 1.85. The van der Waals surface area contributed by atoms with Gasteiger partial charge in [-0.1, -0.05) is 27.7 Å². The first kappa shape index (κ1) is 13.5. The van der Waals surface area contributed by atoms with Crippen LogP contribution in [0.15, 0.2) is 0 Å². The molecule has 2 atom stereocenters. The minimum Gasteiger partial charge on any atom is -0.350 e. The van der Waals surface area contributed by atoms with E-state index in [2.05, 4.69) is 0 Å². The maximum absolute atomic E-state index is 5.14. The molecule has 1 fully saturated rings. The van der Waals surface area contributed by atoms with Gasteiger partial charge in [-0.3, -0.25) is 0 Å². The van der Waals surface area contributed by atoms with E-state index in [-0.39, 0.29) is 6.29 Å². The van der Waals surface area contributed by atoms with Crippen molar-refractivity contribution in [3.63, 3.8) is 0 Å². The molecule has 0 N–H and O–H groups in total. The predicted octanol–water partition coefficient (Wildman–Crippen LogP) is 2.82. The summed E-state index contributed by atoms with van der Waals surface area (Å²) in [6.07, 6.45) is 0.324. The van der Waals surface area contributed by atoms with Gasteiger partial charge in [0, 0.05) is 0 Å². The topological polar surface area (TPSA) is 18.5 Å². The Labute approximate surface area is 70.9 Å². The third-order valence-electron chi connectivity index (χ3n) is 0.990. The van der Waals surface area contributed by atoms with Crippen LogP contribution in [0.2, 0.25) is 0 Å². The van der Waals surface area contributed by atoms with Gasteiger partial charge in [0.25, 0.3) is 0 Å². The van der Waals surface area contributed by atoms with Gasteiger partial charge >= 0.3 is 0 Å². The van der Waals surface area contributed by atoms with E-state index in [0.29, 0.717) is 6.10 Å².